The first-order valence-electron chi connectivity index (χ1n) is 7.95. The highest BCUT2D eigenvalue weighted by Crippen LogP contribution is 2.30. The number of hydrogen-bond acceptors (Lipinski definition) is 6. The summed E-state index contributed by atoms with van der Waals surface area (Å²) in [6, 6.07) is 11.9. The Morgan fingerprint density at radius 1 is 1.21 bits per heavy atom. The van der Waals surface area contributed by atoms with Gasteiger partial charge in [0.25, 0.3) is 12.3 Å². The van der Waals surface area contributed by atoms with Gasteiger partial charge in [-0.3, -0.25) is 10.1 Å². The first kappa shape index (κ1) is 20.0. The fraction of sp³-hybridized carbons (Fsp3) is 0.167. The molecule has 0 unspecified atom stereocenters. The molecule has 1 aromatic heterocycles. The zero-order valence-electron chi connectivity index (χ0n) is 14.5. The zero-order chi connectivity index (χ0) is 20.1. The van der Waals surface area contributed by atoms with Gasteiger partial charge in [-0.05, 0) is 24.3 Å². The van der Waals surface area contributed by atoms with Crippen molar-refractivity contribution in [1.82, 2.24) is 10.2 Å². The van der Waals surface area contributed by atoms with Crippen molar-refractivity contribution in [2.45, 2.75) is 13.0 Å². The summed E-state index contributed by atoms with van der Waals surface area (Å²) in [7, 11) is 1.44. The molecule has 1 N–H and O–H groups in total. The molecule has 28 heavy (non-hydrogen) atoms. The van der Waals surface area contributed by atoms with Crippen LogP contribution in [0.15, 0.2) is 42.5 Å². The van der Waals surface area contributed by atoms with E-state index in [1.165, 1.54) is 19.2 Å². The molecule has 0 bridgehead atoms. The van der Waals surface area contributed by atoms with Crippen molar-refractivity contribution in [3.05, 3.63) is 63.6 Å². The second-order valence-corrected chi connectivity index (χ2v) is 6.86. The maximum atomic E-state index is 12.6. The summed E-state index contributed by atoms with van der Waals surface area (Å²) in [6.07, 6.45) is -2.74. The standard InChI is InChI=1S/C18H14ClF2N3O3S/c1-26-14-8-10(16(25)22-18-24-23-17(28-18)15(20)21)6-7-13(14)27-9-11-4-2-3-5-12(11)19/h2-8,15H,9H2,1H3,(H,22,24,25). The lowest BCUT2D eigenvalue weighted by Gasteiger charge is -2.12. The van der Waals surface area contributed by atoms with Crippen molar-refractivity contribution in [2.24, 2.45) is 0 Å². The van der Waals surface area contributed by atoms with Gasteiger partial charge in [0, 0.05) is 16.1 Å². The summed E-state index contributed by atoms with van der Waals surface area (Å²) in [5, 5.41) is 9.37. The van der Waals surface area contributed by atoms with E-state index >= 15 is 0 Å². The Morgan fingerprint density at radius 2 is 2.00 bits per heavy atom. The van der Waals surface area contributed by atoms with Gasteiger partial charge in [0.2, 0.25) is 5.13 Å². The molecule has 0 aliphatic carbocycles. The maximum Gasteiger partial charge on any atom is 0.291 e. The topological polar surface area (TPSA) is 73.3 Å². The molecule has 3 rings (SSSR count). The molecule has 0 spiro atoms. The van der Waals surface area contributed by atoms with Crippen LogP contribution in [0.1, 0.15) is 27.4 Å². The number of benzene rings is 2. The monoisotopic (exact) mass is 425 g/mol. The highest BCUT2D eigenvalue weighted by atomic mass is 35.5. The maximum absolute atomic E-state index is 12.6. The van der Waals surface area contributed by atoms with Gasteiger partial charge in [-0.2, -0.15) is 0 Å². The third-order valence-corrected chi connectivity index (χ3v) is 4.83. The first-order chi connectivity index (χ1) is 13.5. The van der Waals surface area contributed by atoms with Gasteiger partial charge in [0.05, 0.1) is 7.11 Å². The lowest BCUT2D eigenvalue weighted by atomic mass is 10.2. The van der Waals surface area contributed by atoms with Crippen molar-refractivity contribution in [3.8, 4) is 11.5 Å². The second kappa shape index (κ2) is 8.94. The smallest absolute Gasteiger partial charge is 0.291 e. The molecular weight excluding hydrogens is 412 g/mol. The Labute approximate surface area is 168 Å². The SMILES string of the molecule is COc1cc(C(=O)Nc2nnc(C(F)F)s2)ccc1OCc1ccccc1Cl. The quantitative estimate of drug-likeness (QED) is 0.578. The number of aromatic nitrogens is 2. The molecule has 10 heteroatoms. The molecule has 0 radical (unpaired) electrons. The highest BCUT2D eigenvalue weighted by molar-refractivity contribution is 7.15. The molecule has 2 aromatic carbocycles. The van der Waals surface area contributed by atoms with Crippen LogP contribution < -0.4 is 14.8 Å². The molecule has 0 fully saturated rings. The van der Waals surface area contributed by atoms with E-state index in [9.17, 15) is 13.6 Å². The van der Waals surface area contributed by atoms with Crippen LogP contribution in [0.3, 0.4) is 0 Å². The van der Waals surface area contributed by atoms with Gasteiger partial charge >= 0.3 is 0 Å². The molecule has 0 aliphatic rings. The first-order valence-corrected chi connectivity index (χ1v) is 9.14. The molecule has 6 nitrogen and oxygen atoms in total. The van der Waals surface area contributed by atoms with Crippen molar-refractivity contribution in [3.63, 3.8) is 0 Å². The summed E-state index contributed by atoms with van der Waals surface area (Å²) in [6.45, 7) is 0.225. The van der Waals surface area contributed by atoms with Crippen molar-refractivity contribution < 1.29 is 23.0 Å². The minimum absolute atomic E-state index is 0.0155. The molecule has 146 valence electrons. The summed E-state index contributed by atoms with van der Waals surface area (Å²) in [5.74, 6) is 0.230. The number of anilines is 1. The predicted octanol–water partition coefficient (Wildman–Crippen LogP) is 4.97. The Kier molecular flexibility index (Phi) is 6.37. The third kappa shape index (κ3) is 4.73. The number of ether oxygens (including phenoxy) is 2. The normalized spacial score (nSPS) is 10.8. The van der Waals surface area contributed by atoms with Crippen molar-refractivity contribution >= 4 is 34.0 Å². The van der Waals surface area contributed by atoms with Gasteiger partial charge < -0.3 is 9.47 Å². The van der Waals surface area contributed by atoms with Gasteiger partial charge in [0.1, 0.15) is 6.61 Å². The fourth-order valence-corrected chi connectivity index (χ4v) is 3.03. The van der Waals surface area contributed by atoms with Gasteiger partial charge in [-0.15, -0.1) is 10.2 Å². The lowest BCUT2D eigenvalue weighted by molar-refractivity contribution is 0.102. The van der Waals surface area contributed by atoms with Crippen LogP contribution in [0, 0.1) is 0 Å². The fourth-order valence-electron chi connectivity index (χ4n) is 2.24. The molecule has 1 amide bonds. The number of carbonyl (C=O) groups is 1. The summed E-state index contributed by atoms with van der Waals surface area (Å²) in [4.78, 5) is 12.3. The van der Waals surface area contributed by atoms with E-state index < -0.39 is 17.3 Å². The van der Waals surface area contributed by atoms with E-state index in [1.807, 2.05) is 18.2 Å². The number of amides is 1. The number of nitrogens with zero attached hydrogens (tertiary/aromatic N) is 2. The van der Waals surface area contributed by atoms with E-state index in [4.69, 9.17) is 21.1 Å². The van der Waals surface area contributed by atoms with E-state index in [0.717, 1.165) is 5.56 Å². The van der Waals surface area contributed by atoms with Crippen LogP contribution in [0.25, 0.3) is 0 Å². The van der Waals surface area contributed by atoms with Crippen LogP contribution in [-0.4, -0.2) is 23.2 Å². The molecular formula is C18H14ClF2N3O3S. The van der Waals surface area contributed by atoms with Crippen LogP contribution >= 0.6 is 22.9 Å². The second-order valence-electron chi connectivity index (χ2n) is 5.45. The summed E-state index contributed by atoms with van der Waals surface area (Å²) < 4.78 is 36.1. The Bertz CT molecular complexity index is 984. The Morgan fingerprint density at radius 3 is 2.68 bits per heavy atom. The van der Waals surface area contributed by atoms with Crippen molar-refractivity contribution in [2.75, 3.05) is 12.4 Å². The van der Waals surface area contributed by atoms with Gasteiger partial charge in [-0.25, -0.2) is 8.78 Å². The molecule has 3 aromatic rings. The minimum Gasteiger partial charge on any atom is -0.493 e. The van der Waals surface area contributed by atoms with Crippen LogP contribution in [0.4, 0.5) is 13.9 Å². The third-order valence-electron chi connectivity index (χ3n) is 3.61. The van der Waals surface area contributed by atoms with Gasteiger partial charge in [0.15, 0.2) is 16.5 Å². The number of hydrogen-bond donors (Lipinski definition) is 1. The van der Waals surface area contributed by atoms with Crippen LogP contribution in [0.2, 0.25) is 5.02 Å². The Balaban J connectivity index is 1.71. The van der Waals surface area contributed by atoms with Crippen molar-refractivity contribution in [1.29, 1.82) is 0 Å². The molecule has 0 saturated carbocycles. The van der Waals surface area contributed by atoms with Crippen LogP contribution in [0.5, 0.6) is 11.5 Å². The average Bonchev–Trinajstić information content (AvgIpc) is 3.16. The van der Waals surface area contributed by atoms with E-state index in [0.29, 0.717) is 27.9 Å². The number of alkyl halides is 2. The number of methoxy groups -OCH3 is 1. The summed E-state index contributed by atoms with van der Waals surface area (Å²) >= 11 is 6.72. The van der Waals surface area contributed by atoms with E-state index in [-0.39, 0.29) is 17.3 Å². The molecule has 1 heterocycles. The number of halogens is 3. The van der Waals surface area contributed by atoms with E-state index in [1.54, 1.807) is 12.1 Å². The van der Waals surface area contributed by atoms with E-state index in [2.05, 4.69) is 15.5 Å². The number of carbonyl (C=O) groups excluding carboxylic acids is 1. The number of rotatable bonds is 7. The largest absolute Gasteiger partial charge is 0.493 e. The van der Waals surface area contributed by atoms with Gasteiger partial charge in [-0.1, -0.05) is 41.1 Å². The number of nitrogens with one attached hydrogen (secondary N) is 1. The van der Waals surface area contributed by atoms with Crippen LogP contribution in [-0.2, 0) is 6.61 Å². The zero-order valence-corrected chi connectivity index (χ0v) is 16.1. The predicted molar refractivity (Wildman–Crippen MR) is 102 cm³/mol. The average molecular weight is 426 g/mol. The summed E-state index contributed by atoms with van der Waals surface area (Å²) in [5.41, 5.74) is 1.05. The molecule has 0 atom stereocenters. The Hall–Kier alpha value is -2.78. The molecule has 0 aliphatic heterocycles. The highest BCUT2D eigenvalue weighted by Gasteiger charge is 2.17. The molecule has 0 saturated heterocycles. The minimum atomic E-state index is -2.74. The lowest BCUT2D eigenvalue weighted by Crippen LogP contribution is -2.12.